The van der Waals surface area contributed by atoms with Gasteiger partial charge in [0.25, 0.3) is 0 Å². The number of carbonyl (C=O) groups is 2. The number of rotatable bonds is 6. The topological polar surface area (TPSA) is 58.4 Å². The number of esters is 1. The molecule has 0 aliphatic carbocycles. The van der Waals surface area contributed by atoms with Gasteiger partial charge in [-0.3, -0.25) is 9.37 Å². The van der Waals surface area contributed by atoms with Crippen molar-refractivity contribution in [1.29, 1.82) is 0 Å². The summed E-state index contributed by atoms with van der Waals surface area (Å²) in [7, 11) is 3.71. The molecule has 0 atom stereocenters. The number of nitrogens with one attached hydrogen (secondary N) is 1. The first-order valence-corrected chi connectivity index (χ1v) is 8.48. The van der Waals surface area contributed by atoms with Gasteiger partial charge in [0, 0.05) is 10.6 Å². The van der Waals surface area contributed by atoms with Crippen LogP contribution in [0.5, 0.6) is 0 Å². The average Bonchev–Trinajstić information content (AvgIpc) is 2.92. The summed E-state index contributed by atoms with van der Waals surface area (Å²) < 4.78 is 6.98. The van der Waals surface area contributed by atoms with Crippen molar-refractivity contribution in [2.24, 2.45) is 0 Å². The summed E-state index contributed by atoms with van der Waals surface area (Å²) in [6.07, 6.45) is 2.45. The zero-order chi connectivity index (χ0) is 17.7. The number of carbonyl (C=O) groups excluding carboxylic acids is 2. The van der Waals surface area contributed by atoms with Crippen LogP contribution in [-0.4, -0.2) is 43.9 Å². The fraction of sp³-hybridized carbons (Fsp3) is 0.235. The van der Waals surface area contributed by atoms with Crippen LogP contribution in [-0.2, 0) is 4.74 Å². The molecule has 1 N–H and O–H groups in total. The maximum atomic E-state index is 12.5. The Morgan fingerprint density at radius 3 is 2.54 bits per heavy atom. The molecular formula is C17H18ClN2O3S+. The average molecular weight is 366 g/mol. The quantitative estimate of drug-likeness (QED) is 0.278. The van der Waals surface area contributed by atoms with Gasteiger partial charge < -0.3 is 4.74 Å². The molecule has 24 heavy (non-hydrogen) atoms. The summed E-state index contributed by atoms with van der Waals surface area (Å²) in [5.41, 5.74) is 1.64. The standard InChI is InChI=1S/C17H17ClN2O3S/c1-4-23-17(22)15-14(11-5-7-12(18)8-6-11)13(9-21)24-16(15)19-10-20(2)3/h5-10H,4H2,1-3H3/p+1. The van der Waals surface area contributed by atoms with Crippen LogP contribution in [0.25, 0.3) is 11.1 Å². The second kappa shape index (κ2) is 8.08. The minimum atomic E-state index is -0.471. The van der Waals surface area contributed by atoms with Crippen molar-refractivity contribution in [2.75, 3.05) is 26.0 Å². The monoisotopic (exact) mass is 365 g/mol. The number of hydrogen-bond acceptors (Lipinski definition) is 4. The first-order valence-electron chi connectivity index (χ1n) is 7.29. The molecule has 126 valence electrons. The molecule has 2 rings (SSSR count). The minimum Gasteiger partial charge on any atom is -0.462 e. The van der Waals surface area contributed by atoms with E-state index in [1.807, 2.05) is 14.1 Å². The third kappa shape index (κ3) is 4.01. The van der Waals surface area contributed by atoms with Gasteiger partial charge in [-0.05, 0) is 24.6 Å². The molecule has 0 amide bonds. The van der Waals surface area contributed by atoms with E-state index in [0.717, 1.165) is 11.8 Å². The van der Waals surface area contributed by atoms with E-state index in [0.29, 0.717) is 26.0 Å². The van der Waals surface area contributed by atoms with Gasteiger partial charge in [0.15, 0.2) is 11.3 Å². The van der Waals surface area contributed by atoms with Crippen LogP contribution in [0.1, 0.15) is 27.0 Å². The molecule has 1 aromatic carbocycles. The second-order valence-corrected chi connectivity index (χ2v) is 6.62. The van der Waals surface area contributed by atoms with Crippen LogP contribution in [0.15, 0.2) is 24.3 Å². The number of aldehydes is 1. The number of benzene rings is 1. The fourth-order valence-electron chi connectivity index (χ4n) is 2.12. The van der Waals surface area contributed by atoms with Crippen molar-refractivity contribution >= 4 is 46.5 Å². The smallest absolute Gasteiger partial charge is 0.344 e. The SMILES string of the molecule is CCOC(=O)c1c(NC=[N+](C)C)sc(C=O)c1-c1ccc(Cl)cc1. The molecule has 0 saturated carbocycles. The summed E-state index contributed by atoms with van der Waals surface area (Å²) in [4.78, 5) is 24.5. The van der Waals surface area contributed by atoms with Crippen LogP contribution >= 0.6 is 22.9 Å². The van der Waals surface area contributed by atoms with Crippen molar-refractivity contribution in [3.8, 4) is 11.1 Å². The van der Waals surface area contributed by atoms with Crippen LogP contribution in [0.2, 0.25) is 5.02 Å². The zero-order valence-electron chi connectivity index (χ0n) is 13.6. The van der Waals surface area contributed by atoms with Crippen molar-refractivity contribution < 1.29 is 18.9 Å². The largest absolute Gasteiger partial charge is 0.462 e. The maximum absolute atomic E-state index is 12.5. The van der Waals surface area contributed by atoms with E-state index < -0.39 is 5.97 Å². The summed E-state index contributed by atoms with van der Waals surface area (Å²) >= 11 is 7.14. The van der Waals surface area contributed by atoms with E-state index >= 15 is 0 Å². The van der Waals surface area contributed by atoms with E-state index in [-0.39, 0.29) is 6.61 Å². The van der Waals surface area contributed by atoms with Crippen LogP contribution in [0, 0.1) is 0 Å². The molecule has 2 aromatic rings. The second-order valence-electron chi connectivity index (χ2n) is 5.13. The Morgan fingerprint density at radius 1 is 1.33 bits per heavy atom. The fourth-order valence-corrected chi connectivity index (χ4v) is 3.24. The highest BCUT2D eigenvalue weighted by atomic mass is 35.5. The predicted octanol–water partition coefficient (Wildman–Crippen LogP) is 3.77. The molecule has 0 bridgehead atoms. The molecule has 0 radical (unpaired) electrons. The molecule has 0 unspecified atom stereocenters. The summed E-state index contributed by atoms with van der Waals surface area (Å²) in [5, 5.41) is 4.21. The van der Waals surface area contributed by atoms with Crippen molar-refractivity contribution in [3.05, 3.63) is 39.7 Å². The van der Waals surface area contributed by atoms with E-state index in [2.05, 4.69) is 5.32 Å². The number of halogens is 1. The number of anilines is 1. The molecular weight excluding hydrogens is 348 g/mol. The molecule has 0 aliphatic rings. The molecule has 5 nitrogen and oxygen atoms in total. The van der Waals surface area contributed by atoms with Gasteiger partial charge in [-0.25, -0.2) is 10.1 Å². The van der Waals surface area contributed by atoms with Gasteiger partial charge in [-0.1, -0.05) is 35.1 Å². The lowest BCUT2D eigenvalue weighted by molar-refractivity contribution is -0.459. The van der Waals surface area contributed by atoms with E-state index in [4.69, 9.17) is 16.3 Å². The Morgan fingerprint density at radius 2 is 2.00 bits per heavy atom. The first kappa shape index (κ1) is 18.2. The summed E-state index contributed by atoms with van der Waals surface area (Å²) in [6.45, 7) is 1.99. The van der Waals surface area contributed by atoms with Gasteiger partial charge >= 0.3 is 5.97 Å². The maximum Gasteiger partial charge on any atom is 0.344 e. The number of thiophene rings is 1. The Kier molecular flexibility index (Phi) is 6.11. The normalized spacial score (nSPS) is 10.2. The molecule has 1 aromatic heterocycles. The Hall–Kier alpha value is -2.18. The van der Waals surface area contributed by atoms with Crippen molar-refractivity contribution in [3.63, 3.8) is 0 Å². The number of nitrogens with zero attached hydrogens (tertiary/aromatic N) is 1. The predicted molar refractivity (Wildman–Crippen MR) is 97.9 cm³/mol. The lowest BCUT2D eigenvalue weighted by atomic mass is 10.0. The molecule has 7 heteroatoms. The third-order valence-electron chi connectivity index (χ3n) is 3.11. The molecule has 0 saturated heterocycles. The third-order valence-corrected chi connectivity index (χ3v) is 4.41. The van der Waals surface area contributed by atoms with Gasteiger partial charge in [0.2, 0.25) is 6.34 Å². The highest BCUT2D eigenvalue weighted by Crippen LogP contribution is 2.40. The van der Waals surface area contributed by atoms with Crippen LogP contribution < -0.4 is 5.32 Å². The lowest BCUT2D eigenvalue weighted by Crippen LogP contribution is -2.11. The van der Waals surface area contributed by atoms with E-state index in [1.54, 1.807) is 42.1 Å². The summed E-state index contributed by atoms with van der Waals surface area (Å²) in [6, 6.07) is 6.99. The van der Waals surface area contributed by atoms with Gasteiger partial charge in [-0.15, -0.1) is 0 Å². The first-order chi connectivity index (χ1) is 11.5. The molecule has 0 fully saturated rings. The zero-order valence-corrected chi connectivity index (χ0v) is 15.2. The van der Waals surface area contributed by atoms with Crippen molar-refractivity contribution in [2.45, 2.75) is 6.92 Å². The van der Waals surface area contributed by atoms with Crippen LogP contribution in [0.4, 0.5) is 5.00 Å². The van der Waals surface area contributed by atoms with Crippen molar-refractivity contribution in [1.82, 2.24) is 0 Å². The molecule has 1 heterocycles. The number of ether oxygens (including phenoxy) is 1. The number of hydrogen-bond donors (Lipinski definition) is 1. The Labute approximate surface area is 149 Å². The molecule has 0 aliphatic heterocycles. The Bertz CT molecular complexity index is 778. The van der Waals surface area contributed by atoms with Gasteiger partial charge in [0.05, 0.1) is 25.6 Å². The highest BCUT2D eigenvalue weighted by molar-refractivity contribution is 7.18. The highest BCUT2D eigenvalue weighted by Gasteiger charge is 2.27. The van der Waals surface area contributed by atoms with Gasteiger partial charge in [0.1, 0.15) is 5.56 Å². The minimum absolute atomic E-state index is 0.252. The van der Waals surface area contributed by atoms with E-state index in [1.165, 1.54) is 11.3 Å². The van der Waals surface area contributed by atoms with E-state index in [9.17, 15) is 9.59 Å². The lowest BCUT2D eigenvalue weighted by Gasteiger charge is -2.06. The summed E-state index contributed by atoms with van der Waals surface area (Å²) in [5.74, 6) is -0.471. The Balaban J connectivity index is 2.65. The van der Waals surface area contributed by atoms with Gasteiger partial charge in [-0.2, -0.15) is 0 Å². The molecule has 0 spiro atoms. The van der Waals surface area contributed by atoms with Crippen LogP contribution in [0.3, 0.4) is 0 Å².